The molecule has 0 amide bonds. The Morgan fingerprint density at radius 3 is 2.50 bits per heavy atom. The van der Waals surface area contributed by atoms with Crippen molar-refractivity contribution in [3.63, 3.8) is 0 Å². The maximum atomic E-state index is 8.41. The molecule has 2 nitrogen and oxygen atoms in total. The summed E-state index contributed by atoms with van der Waals surface area (Å²) in [6.07, 6.45) is 1.91. The Balaban J connectivity index is 3.07. The molecular formula is C5H13O2P. The average molecular weight is 136 g/mol. The van der Waals surface area contributed by atoms with Gasteiger partial charge in [-0.3, -0.25) is 0 Å². The van der Waals surface area contributed by atoms with E-state index in [1.165, 1.54) is 0 Å². The Labute approximate surface area is 52.5 Å². The largest absolute Gasteiger partial charge is 0.396 e. The van der Waals surface area contributed by atoms with Crippen LogP contribution in [0, 0.1) is 0 Å². The van der Waals surface area contributed by atoms with E-state index in [1.807, 2.05) is 6.92 Å². The zero-order valence-corrected chi connectivity index (χ0v) is 6.29. The SMILES string of the molecule is CC[C@@H](CCO)OP. The van der Waals surface area contributed by atoms with Gasteiger partial charge in [-0.2, -0.15) is 0 Å². The van der Waals surface area contributed by atoms with Crippen LogP contribution in [0.25, 0.3) is 0 Å². The van der Waals surface area contributed by atoms with E-state index in [-0.39, 0.29) is 12.7 Å². The smallest absolute Gasteiger partial charge is 0.0630 e. The first-order valence-electron chi connectivity index (χ1n) is 2.81. The third-order valence-corrected chi connectivity index (χ3v) is 1.48. The predicted molar refractivity (Wildman–Crippen MR) is 36.6 cm³/mol. The van der Waals surface area contributed by atoms with Crippen molar-refractivity contribution in [2.45, 2.75) is 25.9 Å². The molecule has 1 unspecified atom stereocenters. The fourth-order valence-electron chi connectivity index (χ4n) is 0.512. The summed E-state index contributed by atoms with van der Waals surface area (Å²) in [5, 5.41) is 8.41. The molecule has 1 N–H and O–H groups in total. The van der Waals surface area contributed by atoms with Crippen LogP contribution in [0.15, 0.2) is 0 Å². The Hall–Kier alpha value is 0.350. The molecule has 3 heteroatoms. The molecule has 0 saturated heterocycles. The summed E-state index contributed by atoms with van der Waals surface area (Å²) in [4.78, 5) is 0. The van der Waals surface area contributed by atoms with Crippen LogP contribution in [0.4, 0.5) is 0 Å². The molecule has 0 aromatic carbocycles. The van der Waals surface area contributed by atoms with E-state index in [4.69, 9.17) is 9.63 Å². The lowest BCUT2D eigenvalue weighted by molar-refractivity contribution is 0.173. The van der Waals surface area contributed by atoms with Crippen molar-refractivity contribution in [1.29, 1.82) is 0 Å². The van der Waals surface area contributed by atoms with E-state index < -0.39 is 0 Å². The molecule has 8 heavy (non-hydrogen) atoms. The Kier molecular flexibility index (Phi) is 5.73. The minimum atomic E-state index is 0.213. The highest BCUT2D eigenvalue weighted by atomic mass is 31.0. The van der Waals surface area contributed by atoms with Crippen molar-refractivity contribution in [3.8, 4) is 0 Å². The maximum absolute atomic E-state index is 8.41. The van der Waals surface area contributed by atoms with Gasteiger partial charge in [0, 0.05) is 16.1 Å². The Bertz CT molecular complexity index is 45.7. The van der Waals surface area contributed by atoms with Gasteiger partial charge >= 0.3 is 0 Å². The quantitative estimate of drug-likeness (QED) is 0.583. The molecule has 0 bridgehead atoms. The summed E-state index contributed by atoms with van der Waals surface area (Å²) in [6.45, 7) is 2.25. The van der Waals surface area contributed by atoms with Gasteiger partial charge in [0.25, 0.3) is 0 Å². The third kappa shape index (κ3) is 3.36. The molecule has 0 rings (SSSR count). The van der Waals surface area contributed by atoms with Crippen LogP contribution in [-0.2, 0) is 4.52 Å². The second-order valence-electron chi connectivity index (χ2n) is 1.68. The molecule has 0 saturated carbocycles. The minimum absolute atomic E-state index is 0.213. The topological polar surface area (TPSA) is 29.5 Å². The van der Waals surface area contributed by atoms with Gasteiger partial charge < -0.3 is 9.63 Å². The summed E-state index contributed by atoms with van der Waals surface area (Å²) in [5.41, 5.74) is 0. The maximum Gasteiger partial charge on any atom is 0.0630 e. The highest BCUT2D eigenvalue weighted by Crippen LogP contribution is 2.05. The molecule has 0 aromatic rings. The molecule has 0 aliphatic heterocycles. The summed E-state index contributed by atoms with van der Waals surface area (Å²) in [7, 11) is 2.20. The summed E-state index contributed by atoms with van der Waals surface area (Å²) < 4.78 is 4.90. The summed E-state index contributed by atoms with van der Waals surface area (Å²) in [6, 6.07) is 0. The van der Waals surface area contributed by atoms with Gasteiger partial charge in [-0.1, -0.05) is 6.92 Å². The van der Waals surface area contributed by atoms with Crippen molar-refractivity contribution in [1.82, 2.24) is 0 Å². The normalized spacial score (nSPS) is 13.9. The van der Waals surface area contributed by atoms with Gasteiger partial charge in [-0.15, -0.1) is 0 Å². The fourth-order valence-corrected chi connectivity index (χ4v) is 0.841. The fraction of sp³-hybridized carbons (Fsp3) is 1.00. The third-order valence-electron chi connectivity index (χ3n) is 1.10. The predicted octanol–water partition coefficient (Wildman–Crippen LogP) is 0.954. The van der Waals surface area contributed by atoms with Crippen LogP contribution >= 0.6 is 9.47 Å². The van der Waals surface area contributed by atoms with Gasteiger partial charge in [0.15, 0.2) is 0 Å². The monoisotopic (exact) mass is 136 g/mol. The van der Waals surface area contributed by atoms with Crippen LogP contribution in [0.3, 0.4) is 0 Å². The van der Waals surface area contributed by atoms with Gasteiger partial charge in [0.2, 0.25) is 0 Å². The lowest BCUT2D eigenvalue weighted by Gasteiger charge is -2.08. The van der Waals surface area contributed by atoms with Gasteiger partial charge in [0.1, 0.15) is 0 Å². The van der Waals surface area contributed by atoms with Crippen LogP contribution in [-0.4, -0.2) is 17.8 Å². The highest BCUT2D eigenvalue weighted by Gasteiger charge is 2.00. The van der Waals surface area contributed by atoms with Crippen molar-refractivity contribution < 1.29 is 9.63 Å². The van der Waals surface area contributed by atoms with E-state index in [1.54, 1.807) is 0 Å². The molecular weight excluding hydrogens is 123 g/mol. The first-order valence-corrected chi connectivity index (χ1v) is 3.28. The number of hydrogen-bond donors (Lipinski definition) is 1. The zero-order chi connectivity index (χ0) is 6.41. The molecule has 0 radical (unpaired) electrons. The number of rotatable bonds is 4. The molecule has 0 heterocycles. The van der Waals surface area contributed by atoms with E-state index in [2.05, 4.69) is 9.47 Å². The second-order valence-corrected chi connectivity index (χ2v) is 1.95. The van der Waals surface area contributed by atoms with Crippen molar-refractivity contribution in [2.75, 3.05) is 6.61 Å². The summed E-state index contributed by atoms with van der Waals surface area (Å²) in [5.74, 6) is 0. The molecule has 0 aliphatic rings. The minimum Gasteiger partial charge on any atom is -0.396 e. The lowest BCUT2D eigenvalue weighted by Crippen LogP contribution is -2.07. The van der Waals surface area contributed by atoms with Crippen LogP contribution in [0.2, 0.25) is 0 Å². The van der Waals surface area contributed by atoms with Crippen molar-refractivity contribution >= 4 is 9.47 Å². The highest BCUT2D eigenvalue weighted by molar-refractivity contribution is 7.09. The first-order chi connectivity index (χ1) is 3.85. The lowest BCUT2D eigenvalue weighted by atomic mass is 10.2. The van der Waals surface area contributed by atoms with E-state index >= 15 is 0 Å². The number of aliphatic hydroxyl groups excluding tert-OH is 1. The van der Waals surface area contributed by atoms with Gasteiger partial charge in [0.05, 0.1) is 6.10 Å². The van der Waals surface area contributed by atoms with Crippen molar-refractivity contribution in [2.24, 2.45) is 0 Å². The Morgan fingerprint density at radius 2 is 2.38 bits per heavy atom. The standard InChI is InChI=1S/C5H13O2P/c1-2-5(7-8)3-4-6/h5-6H,2-4,8H2,1H3/t5-/m0/s1. The number of aliphatic hydroxyl groups is 1. The number of hydrogen-bond acceptors (Lipinski definition) is 2. The molecule has 0 aliphatic carbocycles. The molecule has 0 aromatic heterocycles. The van der Waals surface area contributed by atoms with Crippen molar-refractivity contribution in [3.05, 3.63) is 0 Å². The second kappa shape index (κ2) is 5.49. The van der Waals surface area contributed by atoms with E-state index in [9.17, 15) is 0 Å². The Morgan fingerprint density at radius 1 is 1.75 bits per heavy atom. The first kappa shape index (κ1) is 8.35. The average Bonchev–Trinajstić information content (AvgIpc) is 1.83. The van der Waals surface area contributed by atoms with Gasteiger partial charge in [-0.05, 0) is 12.8 Å². The van der Waals surface area contributed by atoms with Crippen LogP contribution in [0.1, 0.15) is 19.8 Å². The van der Waals surface area contributed by atoms with E-state index in [0.29, 0.717) is 0 Å². The van der Waals surface area contributed by atoms with Crippen LogP contribution < -0.4 is 0 Å². The molecule has 0 fully saturated rings. The summed E-state index contributed by atoms with van der Waals surface area (Å²) >= 11 is 0. The van der Waals surface area contributed by atoms with E-state index in [0.717, 1.165) is 12.8 Å². The molecule has 50 valence electrons. The molecule has 0 spiro atoms. The molecule has 2 atom stereocenters. The van der Waals surface area contributed by atoms with Crippen LogP contribution in [0.5, 0.6) is 0 Å². The van der Waals surface area contributed by atoms with Gasteiger partial charge in [-0.25, -0.2) is 0 Å². The zero-order valence-electron chi connectivity index (χ0n) is 5.13.